The third kappa shape index (κ3) is 6.13. The van der Waals surface area contributed by atoms with Crippen molar-refractivity contribution in [3.63, 3.8) is 0 Å². The van der Waals surface area contributed by atoms with E-state index in [1.807, 2.05) is 0 Å². The van der Waals surface area contributed by atoms with Gasteiger partial charge in [-0.1, -0.05) is 0 Å². The third-order valence-corrected chi connectivity index (χ3v) is 4.54. The predicted octanol–water partition coefficient (Wildman–Crippen LogP) is 2.75. The van der Waals surface area contributed by atoms with E-state index in [4.69, 9.17) is 17.3 Å². The molecule has 2 rings (SSSR count). The van der Waals surface area contributed by atoms with Crippen molar-refractivity contribution in [3.8, 4) is 5.75 Å². The summed E-state index contributed by atoms with van der Waals surface area (Å²) >= 11 is 0. The first-order valence-electron chi connectivity index (χ1n) is 10.7. The molecular formula is C17H27N2O5P. The lowest BCUT2D eigenvalue weighted by atomic mass is 10.1. The standard InChI is InChI=1S/C17H27N2O5P/c1-17(2,3)24-25(21,22)23-12-19(4,5)9-8-13-11-18-16-7-6-14(20)10-15(13)16/h6-7,10-11,18H,8-9,12H2,1-5H3,(H-,20,21,22)/i4D3,5D3. The number of hydrogen-bond acceptors (Lipinski definition) is 5. The highest BCUT2D eigenvalue weighted by Gasteiger charge is 2.24. The second kappa shape index (κ2) is 7.09. The second-order valence-corrected chi connectivity index (χ2v) is 8.23. The third-order valence-electron chi connectivity index (χ3n) is 3.34. The number of H-pyrrole nitrogens is 1. The molecule has 1 aromatic heterocycles. The molecule has 1 atom stereocenters. The maximum atomic E-state index is 12.2. The van der Waals surface area contributed by atoms with Crippen molar-refractivity contribution >= 4 is 18.7 Å². The normalized spacial score (nSPS) is 20.0. The van der Waals surface area contributed by atoms with Crippen LogP contribution in [0.5, 0.6) is 5.75 Å². The number of rotatable bonds is 7. The van der Waals surface area contributed by atoms with Gasteiger partial charge in [0.1, 0.15) is 5.75 Å². The summed E-state index contributed by atoms with van der Waals surface area (Å²) < 4.78 is 67.5. The number of likely N-dealkylation sites (N-methyl/N-ethyl adjacent to an activating group) is 1. The number of phosphoric ester groups is 1. The second-order valence-electron chi connectivity index (χ2n) is 6.89. The van der Waals surface area contributed by atoms with Crippen molar-refractivity contribution in [2.45, 2.75) is 32.8 Å². The Morgan fingerprint density at radius 1 is 1.40 bits per heavy atom. The molecule has 0 aliphatic rings. The quantitative estimate of drug-likeness (QED) is 0.440. The average molecular weight is 376 g/mol. The van der Waals surface area contributed by atoms with Crippen molar-refractivity contribution in [2.24, 2.45) is 0 Å². The van der Waals surface area contributed by atoms with Crippen molar-refractivity contribution in [1.29, 1.82) is 0 Å². The Balaban J connectivity index is 2.38. The number of hydrogen-bond donors (Lipinski definition) is 2. The molecule has 1 aromatic carbocycles. The van der Waals surface area contributed by atoms with E-state index < -0.39 is 45.1 Å². The molecule has 1 heterocycles. The first-order chi connectivity index (χ1) is 13.9. The molecule has 0 saturated carbocycles. The molecule has 0 bridgehead atoms. The van der Waals surface area contributed by atoms with E-state index in [2.05, 4.69) is 4.98 Å². The van der Waals surface area contributed by atoms with Crippen LogP contribution in [-0.2, 0) is 20.0 Å². The Morgan fingerprint density at radius 3 is 2.76 bits per heavy atom. The number of aromatic nitrogens is 1. The molecule has 0 amide bonds. The fraction of sp³-hybridized carbons (Fsp3) is 0.529. The number of nitrogens with zero attached hydrogens (tertiary/aromatic N) is 1. The summed E-state index contributed by atoms with van der Waals surface area (Å²) in [5.74, 6) is -0.00398. The van der Waals surface area contributed by atoms with Gasteiger partial charge in [-0.05, 0) is 44.5 Å². The number of benzene rings is 1. The topological polar surface area (TPSA) is 94.6 Å². The fourth-order valence-corrected chi connectivity index (χ4v) is 3.34. The number of aromatic amines is 1. The molecular weight excluding hydrogens is 343 g/mol. The van der Waals surface area contributed by atoms with Gasteiger partial charge in [-0.2, -0.15) is 0 Å². The average Bonchev–Trinajstić information content (AvgIpc) is 2.92. The van der Waals surface area contributed by atoms with Crippen LogP contribution < -0.4 is 4.89 Å². The van der Waals surface area contributed by atoms with Crippen LogP contribution in [0.4, 0.5) is 0 Å². The van der Waals surface area contributed by atoms with Crippen LogP contribution in [0.3, 0.4) is 0 Å². The van der Waals surface area contributed by atoms with E-state index in [1.54, 1.807) is 12.3 Å². The minimum Gasteiger partial charge on any atom is -0.756 e. The molecule has 2 aromatic rings. The van der Waals surface area contributed by atoms with Gasteiger partial charge in [-0.15, -0.1) is 0 Å². The van der Waals surface area contributed by atoms with Gasteiger partial charge in [0.25, 0.3) is 7.82 Å². The van der Waals surface area contributed by atoms with Gasteiger partial charge in [-0.25, -0.2) is 0 Å². The van der Waals surface area contributed by atoms with Crippen molar-refractivity contribution in [2.75, 3.05) is 27.2 Å². The maximum absolute atomic E-state index is 12.2. The Hall–Kier alpha value is -1.37. The molecule has 0 aliphatic carbocycles. The van der Waals surface area contributed by atoms with E-state index in [9.17, 15) is 14.6 Å². The molecule has 0 radical (unpaired) electrons. The van der Waals surface area contributed by atoms with E-state index >= 15 is 0 Å². The molecule has 1 unspecified atom stereocenters. The van der Waals surface area contributed by atoms with Crippen LogP contribution in [0.2, 0.25) is 0 Å². The Labute approximate surface area is 156 Å². The lowest BCUT2D eigenvalue weighted by Crippen LogP contribution is -2.43. The molecule has 7 nitrogen and oxygen atoms in total. The monoisotopic (exact) mass is 376 g/mol. The van der Waals surface area contributed by atoms with Crippen LogP contribution >= 0.6 is 7.82 Å². The Bertz CT molecular complexity index is 953. The lowest BCUT2D eigenvalue weighted by Gasteiger charge is -2.35. The Morgan fingerprint density at radius 2 is 2.12 bits per heavy atom. The summed E-state index contributed by atoms with van der Waals surface area (Å²) in [6.45, 7) is -3.50. The fourth-order valence-electron chi connectivity index (χ4n) is 2.28. The van der Waals surface area contributed by atoms with Gasteiger partial charge in [0.05, 0.1) is 34.3 Å². The molecule has 140 valence electrons. The van der Waals surface area contributed by atoms with E-state index in [1.165, 1.54) is 32.9 Å². The van der Waals surface area contributed by atoms with Crippen LogP contribution in [0.15, 0.2) is 24.4 Å². The number of aromatic hydroxyl groups is 1. The van der Waals surface area contributed by atoms with Gasteiger partial charge in [-0.3, -0.25) is 9.09 Å². The zero-order valence-corrected chi connectivity index (χ0v) is 15.3. The van der Waals surface area contributed by atoms with E-state index in [0.717, 1.165) is 0 Å². The largest absolute Gasteiger partial charge is 0.756 e. The van der Waals surface area contributed by atoms with Crippen LogP contribution in [0.1, 0.15) is 34.6 Å². The molecule has 25 heavy (non-hydrogen) atoms. The summed E-state index contributed by atoms with van der Waals surface area (Å²) in [5.41, 5.74) is 0.101. The molecule has 0 fully saturated rings. The van der Waals surface area contributed by atoms with Crippen LogP contribution in [0.25, 0.3) is 10.9 Å². The minimum atomic E-state index is -4.98. The Kier molecular flexibility index (Phi) is 3.66. The van der Waals surface area contributed by atoms with Crippen molar-refractivity contribution in [3.05, 3.63) is 30.0 Å². The van der Waals surface area contributed by atoms with Gasteiger partial charge in [0, 0.05) is 23.5 Å². The molecule has 2 N–H and O–H groups in total. The predicted molar refractivity (Wildman–Crippen MR) is 95.0 cm³/mol. The molecule has 8 heteroatoms. The lowest BCUT2D eigenvalue weighted by molar-refractivity contribution is -0.906. The summed E-state index contributed by atoms with van der Waals surface area (Å²) in [7, 11) is -4.98. The minimum absolute atomic E-state index is 0.00398. The van der Waals surface area contributed by atoms with Crippen molar-refractivity contribution in [1.82, 2.24) is 4.98 Å². The molecule has 0 aliphatic heterocycles. The number of phenols is 1. The highest BCUT2D eigenvalue weighted by molar-refractivity contribution is 7.45. The van der Waals surface area contributed by atoms with E-state index in [0.29, 0.717) is 16.5 Å². The highest BCUT2D eigenvalue weighted by atomic mass is 31.2. The number of fused-ring (bicyclic) bond motifs is 1. The number of phenolic OH excluding ortho intramolecular Hbond substituents is 1. The highest BCUT2D eigenvalue weighted by Crippen LogP contribution is 2.43. The first-order valence-corrected chi connectivity index (χ1v) is 9.16. The number of quaternary nitrogens is 1. The van der Waals surface area contributed by atoms with Crippen LogP contribution in [-0.4, -0.2) is 47.4 Å². The molecule has 0 saturated heterocycles. The maximum Gasteiger partial charge on any atom is 0.272 e. The summed E-state index contributed by atoms with van der Waals surface area (Å²) in [6.07, 6.45) is 1.55. The van der Waals surface area contributed by atoms with E-state index in [-0.39, 0.29) is 12.2 Å². The smallest absolute Gasteiger partial charge is 0.272 e. The summed E-state index contributed by atoms with van der Waals surface area (Å²) in [6, 6.07) is 4.58. The van der Waals surface area contributed by atoms with Gasteiger partial charge >= 0.3 is 0 Å². The summed E-state index contributed by atoms with van der Waals surface area (Å²) in [5, 5.41) is 10.3. The van der Waals surface area contributed by atoms with Crippen LogP contribution in [0, 0.1) is 0 Å². The first kappa shape index (κ1) is 12.9. The zero-order valence-electron chi connectivity index (χ0n) is 20.4. The van der Waals surface area contributed by atoms with Crippen molar-refractivity contribution < 1.29 is 36.3 Å². The molecule has 0 spiro atoms. The zero-order chi connectivity index (χ0) is 23.9. The van der Waals surface area contributed by atoms with Gasteiger partial charge in [0.2, 0.25) is 0 Å². The summed E-state index contributed by atoms with van der Waals surface area (Å²) in [4.78, 5) is 15.1. The van der Waals surface area contributed by atoms with Gasteiger partial charge in [0.15, 0.2) is 6.73 Å². The SMILES string of the molecule is [2H]C([2H])([2H])[N+](CCc1c[nH]c2ccc(O)cc12)(COP(=O)([O-])OC(C)(C)C)C([2H])([2H])[2H]. The number of phosphoric acid groups is 1. The van der Waals surface area contributed by atoms with Gasteiger partial charge < -0.3 is 24.0 Å². The number of nitrogens with one attached hydrogen (secondary N) is 1.